The summed E-state index contributed by atoms with van der Waals surface area (Å²) < 4.78 is 26.5. The van der Waals surface area contributed by atoms with Crippen molar-refractivity contribution in [3.8, 4) is 0 Å². The third kappa shape index (κ3) is 5.19. The SMILES string of the molecule is O=C(NCC(O)Cc1ccccc1)Nc1c(F)cc(F)cc1Cl. The van der Waals surface area contributed by atoms with Gasteiger partial charge in [-0.2, -0.15) is 0 Å². The molecule has 7 heteroatoms. The molecule has 1 unspecified atom stereocenters. The maximum Gasteiger partial charge on any atom is 0.319 e. The zero-order valence-electron chi connectivity index (χ0n) is 12.0. The number of aliphatic hydroxyl groups excluding tert-OH is 1. The van der Waals surface area contributed by atoms with Crippen molar-refractivity contribution in [2.75, 3.05) is 11.9 Å². The van der Waals surface area contributed by atoms with Gasteiger partial charge in [-0.15, -0.1) is 0 Å². The maximum atomic E-state index is 13.5. The molecule has 0 spiro atoms. The molecule has 0 aromatic heterocycles. The molecule has 2 aromatic carbocycles. The number of aliphatic hydroxyl groups is 1. The number of urea groups is 1. The van der Waals surface area contributed by atoms with Crippen LogP contribution in [-0.2, 0) is 6.42 Å². The Morgan fingerprint density at radius 3 is 2.57 bits per heavy atom. The molecule has 23 heavy (non-hydrogen) atoms. The van der Waals surface area contributed by atoms with Crippen LogP contribution in [0, 0.1) is 11.6 Å². The Hall–Kier alpha value is -2.18. The predicted octanol–water partition coefficient (Wildman–Crippen LogP) is 3.34. The van der Waals surface area contributed by atoms with Crippen LogP contribution in [0.5, 0.6) is 0 Å². The second-order valence-electron chi connectivity index (χ2n) is 4.92. The lowest BCUT2D eigenvalue weighted by Crippen LogP contribution is -2.36. The van der Waals surface area contributed by atoms with Crippen LogP contribution in [0.1, 0.15) is 5.56 Å². The first-order valence-electron chi connectivity index (χ1n) is 6.87. The second kappa shape index (κ2) is 7.89. The van der Waals surface area contributed by atoms with Crippen molar-refractivity contribution in [2.24, 2.45) is 0 Å². The van der Waals surface area contributed by atoms with Crippen molar-refractivity contribution >= 4 is 23.3 Å². The van der Waals surface area contributed by atoms with Gasteiger partial charge < -0.3 is 15.7 Å². The smallest absolute Gasteiger partial charge is 0.319 e. The van der Waals surface area contributed by atoms with Gasteiger partial charge in [-0.1, -0.05) is 41.9 Å². The van der Waals surface area contributed by atoms with E-state index in [0.29, 0.717) is 12.5 Å². The summed E-state index contributed by atoms with van der Waals surface area (Å²) in [6.45, 7) is -0.0266. The summed E-state index contributed by atoms with van der Waals surface area (Å²) in [6.07, 6.45) is -0.427. The van der Waals surface area contributed by atoms with E-state index in [1.54, 1.807) is 0 Å². The molecule has 0 radical (unpaired) electrons. The number of hydrogen-bond donors (Lipinski definition) is 3. The number of anilines is 1. The van der Waals surface area contributed by atoms with Gasteiger partial charge in [0.05, 0.1) is 16.8 Å². The van der Waals surface area contributed by atoms with E-state index in [-0.39, 0.29) is 17.3 Å². The van der Waals surface area contributed by atoms with Gasteiger partial charge in [0.25, 0.3) is 0 Å². The van der Waals surface area contributed by atoms with E-state index in [1.807, 2.05) is 30.3 Å². The molecule has 0 aliphatic heterocycles. The van der Waals surface area contributed by atoms with Crippen molar-refractivity contribution < 1.29 is 18.7 Å². The topological polar surface area (TPSA) is 61.4 Å². The van der Waals surface area contributed by atoms with Crippen molar-refractivity contribution in [1.82, 2.24) is 5.32 Å². The maximum absolute atomic E-state index is 13.5. The van der Waals surface area contributed by atoms with Crippen LogP contribution >= 0.6 is 11.6 Å². The minimum Gasteiger partial charge on any atom is -0.391 e. The van der Waals surface area contributed by atoms with Crippen LogP contribution in [0.3, 0.4) is 0 Å². The number of benzene rings is 2. The van der Waals surface area contributed by atoms with Crippen molar-refractivity contribution in [3.63, 3.8) is 0 Å². The fourth-order valence-corrected chi connectivity index (χ4v) is 2.23. The zero-order chi connectivity index (χ0) is 16.8. The van der Waals surface area contributed by atoms with Gasteiger partial charge in [-0.3, -0.25) is 0 Å². The lowest BCUT2D eigenvalue weighted by atomic mass is 10.1. The Labute approximate surface area is 137 Å². The van der Waals surface area contributed by atoms with Gasteiger partial charge in [0.1, 0.15) is 5.82 Å². The zero-order valence-corrected chi connectivity index (χ0v) is 12.8. The first-order chi connectivity index (χ1) is 11.0. The monoisotopic (exact) mass is 340 g/mol. The normalized spacial score (nSPS) is 11.8. The molecule has 0 fully saturated rings. The first-order valence-corrected chi connectivity index (χ1v) is 7.25. The average molecular weight is 341 g/mol. The minimum absolute atomic E-state index is 0.0266. The Balaban J connectivity index is 1.86. The Morgan fingerprint density at radius 1 is 1.22 bits per heavy atom. The molecule has 2 rings (SSSR count). The molecule has 0 saturated heterocycles. The summed E-state index contributed by atoms with van der Waals surface area (Å²) >= 11 is 5.68. The fraction of sp³-hybridized carbons (Fsp3) is 0.188. The van der Waals surface area contributed by atoms with E-state index in [2.05, 4.69) is 10.6 Å². The van der Waals surface area contributed by atoms with E-state index < -0.39 is 23.8 Å². The van der Waals surface area contributed by atoms with Crippen LogP contribution < -0.4 is 10.6 Å². The number of nitrogens with one attached hydrogen (secondary N) is 2. The third-order valence-corrected chi connectivity index (χ3v) is 3.36. The molecular weight excluding hydrogens is 326 g/mol. The quantitative estimate of drug-likeness (QED) is 0.781. The molecule has 0 saturated carbocycles. The largest absolute Gasteiger partial charge is 0.391 e. The summed E-state index contributed by atoms with van der Waals surface area (Å²) in [6, 6.07) is 10.0. The molecule has 3 N–H and O–H groups in total. The molecular formula is C16H15ClF2N2O2. The highest BCUT2D eigenvalue weighted by atomic mass is 35.5. The summed E-state index contributed by atoms with van der Waals surface area (Å²) in [5.41, 5.74) is 0.609. The molecule has 0 aliphatic rings. The number of carbonyl (C=O) groups is 1. The Bertz CT molecular complexity index is 660. The highest BCUT2D eigenvalue weighted by molar-refractivity contribution is 6.33. The van der Waals surface area contributed by atoms with E-state index >= 15 is 0 Å². The van der Waals surface area contributed by atoms with Gasteiger partial charge >= 0.3 is 6.03 Å². The lowest BCUT2D eigenvalue weighted by Gasteiger charge is -2.13. The average Bonchev–Trinajstić information content (AvgIpc) is 2.50. The highest BCUT2D eigenvalue weighted by Gasteiger charge is 2.14. The number of amides is 2. The van der Waals surface area contributed by atoms with Gasteiger partial charge in [0.2, 0.25) is 0 Å². The van der Waals surface area contributed by atoms with Gasteiger partial charge in [-0.25, -0.2) is 13.6 Å². The van der Waals surface area contributed by atoms with E-state index in [4.69, 9.17) is 11.6 Å². The van der Waals surface area contributed by atoms with Crippen molar-refractivity contribution in [3.05, 3.63) is 64.7 Å². The van der Waals surface area contributed by atoms with Crippen LogP contribution in [0.2, 0.25) is 5.02 Å². The third-order valence-electron chi connectivity index (χ3n) is 3.06. The van der Waals surface area contributed by atoms with E-state index in [1.165, 1.54) is 0 Å². The van der Waals surface area contributed by atoms with Crippen LogP contribution in [0.4, 0.5) is 19.3 Å². The summed E-state index contributed by atoms with van der Waals surface area (Å²) in [5.74, 6) is -1.81. The van der Waals surface area contributed by atoms with E-state index in [0.717, 1.165) is 11.6 Å². The molecule has 0 bridgehead atoms. The lowest BCUT2D eigenvalue weighted by molar-refractivity contribution is 0.172. The molecule has 122 valence electrons. The van der Waals surface area contributed by atoms with Crippen LogP contribution in [0.15, 0.2) is 42.5 Å². The highest BCUT2D eigenvalue weighted by Crippen LogP contribution is 2.26. The standard InChI is InChI=1S/C16H15ClF2N2O2/c17-13-7-11(18)8-14(19)15(13)21-16(23)20-9-12(22)6-10-4-2-1-3-5-10/h1-5,7-8,12,22H,6,9H2,(H2,20,21,23). The summed E-state index contributed by atoms with van der Waals surface area (Å²) in [7, 11) is 0. The van der Waals surface area contributed by atoms with Gasteiger partial charge in [0.15, 0.2) is 5.82 Å². The summed E-state index contributed by atoms with van der Waals surface area (Å²) in [5, 5.41) is 14.2. The fourth-order valence-electron chi connectivity index (χ4n) is 1.99. The number of hydrogen-bond acceptors (Lipinski definition) is 2. The number of carbonyl (C=O) groups excluding carboxylic acids is 1. The number of rotatable bonds is 5. The molecule has 2 aromatic rings. The van der Waals surface area contributed by atoms with Gasteiger partial charge in [0, 0.05) is 19.0 Å². The molecule has 1 atom stereocenters. The van der Waals surface area contributed by atoms with Crippen LogP contribution in [0.25, 0.3) is 0 Å². The van der Waals surface area contributed by atoms with Crippen LogP contribution in [-0.4, -0.2) is 23.8 Å². The minimum atomic E-state index is -0.977. The summed E-state index contributed by atoms with van der Waals surface area (Å²) in [4.78, 5) is 11.7. The van der Waals surface area contributed by atoms with Crippen molar-refractivity contribution in [2.45, 2.75) is 12.5 Å². The molecule has 0 heterocycles. The van der Waals surface area contributed by atoms with Gasteiger partial charge in [-0.05, 0) is 11.6 Å². The predicted molar refractivity (Wildman–Crippen MR) is 84.5 cm³/mol. The Kier molecular flexibility index (Phi) is 5.90. The van der Waals surface area contributed by atoms with Crippen molar-refractivity contribution in [1.29, 1.82) is 0 Å². The van der Waals surface area contributed by atoms with E-state index in [9.17, 15) is 18.7 Å². The molecule has 4 nitrogen and oxygen atoms in total. The first kappa shape index (κ1) is 17.2. The molecule has 0 aliphatic carbocycles. The number of halogens is 3. The Morgan fingerprint density at radius 2 is 1.91 bits per heavy atom. The molecule has 2 amide bonds. The second-order valence-corrected chi connectivity index (χ2v) is 5.33.